The molecule has 20 heavy (non-hydrogen) atoms. The summed E-state index contributed by atoms with van der Waals surface area (Å²) in [5.41, 5.74) is 4.24. The monoisotopic (exact) mass is 276 g/mol. The Labute approximate surface area is 123 Å². The van der Waals surface area contributed by atoms with E-state index >= 15 is 0 Å². The number of rotatable bonds is 6. The molecule has 0 spiro atoms. The summed E-state index contributed by atoms with van der Waals surface area (Å²) in [5.74, 6) is 1.05. The Hall–Kier alpha value is -1.06. The summed E-state index contributed by atoms with van der Waals surface area (Å²) in [6, 6.07) is 5.13. The van der Waals surface area contributed by atoms with E-state index in [9.17, 15) is 0 Å². The molecule has 0 bridgehead atoms. The molecule has 0 radical (unpaired) electrons. The Morgan fingerprint density at radius 2 is 2.10 bits per heavy atom. The van der Waals surface area contributed by atoms with Crippen LogP contribution in [0, 0.1) is 0 Å². The highest BCUT2D eigenvalue weighted by molar-refractivity contribution is 5.45. The number of hydrogen-bond acceptors (Lipinski definition) is 3. The van der Waals surface area contributed by atoms with Crippen molar-refractivity contribution in [1.29, 1.82) is 0 Å². The molecule has 0 amide bonds. The number of nitrogens with one attached hydrogen (secondary N) is 1. The third-order valence-corrected chi connectivity index (χ3v) is 4.26. The second kappa shape index (κ2) is 7.09. The van der Waals surface area contributed by atoms with E-state index < -0.39 is 0 Å². The van der Waals surface area contributed by atoms with Gasteiger partial charge >= 0.3 is 0 Å². The van der Waals surface area contributed by atoms with Crippen LogP contribution in [0.1, 0.15) is 50.4 Å². The van der Waals surface area contributed by atoms with Crippen LogP contribution < -0.4 is 10.1 Å². The maximum atomic E-state index is 5.86. The fraction of sp³-hybridized carbons (Fsp3) is 0.647. The van der Waals surface area contributed by atoms with Gasteiger partial charge in [-0.25, -0.2) is 0 Å². The second-order valence-electron chi connectivity index (χ2n) is 5.43. The highest BCUT2D eigenvalue weighted by Crippen LogP contribution is 2.34. The van der Waals surface area contributed by atoms with E-state index in [1.165, 1.54) is 23.2 Å². The zero-order valence-electron chi connectivity index (χ0n) is 13.3. The Balaban J connectivity index is 2.33. The normalized spacial score (nSPS) is 18.9. The summed E-state index contributed by atoms with van der Waals surface area (Å²) in [6.07, 6.45) is 1.15. The SMILES string of the molecule is CCNCc1cc2c(cc1OCC)C(C)N(CC)CC2. The lowest BCUT2D eigenvalue weighted by atomic mass is 9.91. The molecule has 3 nitrogen and oxygen atoms in total. The van der Waals surface area contributed by atoms with Gasteiger partial charge in [0.05, 0.1) is 6.61 Å². The first-order valence-corrected chi connectivity index (χ1v) is 7.94. The first-order valence-electron chi connectivity index (χ1n) is 7.94. The van der Waals surface area contributed by atoms with Crippen LogP contribution in [0.2, 0.25) is 0 Å². The number of benzene rings is 1. The van der Waals surface area contributed by atoms with Crippen LogP contribution in [0.25, 0.3) is 0 Å². The average Bonchev–Trinajstić information content (AvgIpc) is 2.46. The van der Waals surface area contributed by atoms with Gasteiger partial charge in [0.25, 0.3) is 0 Å². The lowest BCUT2D eigenvalue weighted by Crippen LogP contribution is -2.33. The molecule has 1 heterocycles. The van der Waals surface area contributed by atoms with Crippen molar-refractivity contribution in [2.45, 2.75) is 46.7 Å². The van der Waals surface area contributed by atoms with Gasteiger partial charge in [0.2, 0.25) is 0 Å². The topological polar surface area (TPSA) is 24.5 Å². The standard InChI is InChI=1S/C17H28N2O/c1-5-18-12-15-10-14-8-9-19(6-2)13(4)16(14)11-17(15)20-7-3/h10-11,13,18H,5-9,12H2,1-4H3. The highest BCUT2D eigenvalue weighted by Gasteiger charge is 2.24. The molecule has 112 valence electrons. The summed E-state index contributed by atoms with van der Waals surface area (Å²) in [4.78, 5) is 2.53. The summed E-state index contributed by atoms with van der Waals surface area (Å²) in [5, 5.41) is 3.41. The first kappa shape index (κ1) is 15.3. The van der Waals surface area contributed by atoms with Crippen LogP contribution >= 0.6 is 0 Å². The summed E-state index contributed by atoms with van der Waals surface area (Å²) in [7, 11) is 0. The van der Waals surface area contributed by atoms with Crippen molar-refractivity contribution < 1.29 is 4.74 Å². The number of ether oxygens (including phenoxy) is 1. The van der Waals surface area contributed by atoms with Crippen LogP contribution in [0.3, 0.4) is 0 Å². The van der Waals surface area contributed by atoms with Gasteiger partial charge < -0.3 is 10.1 Å². The molecule has 1 aliphatic heterocycles. The molecule has 1 aromatic rings. The molecular formula is C17H28N2O. The van der Waals surface area contributed by atoms with Crippen molar-refractivity contribution in [1.82, 2.24) is 10.2 Å². The van der Waals surface area contributed by atoms with Crippen molar-refractivity contribution in [3.05, 3.63) is 28.8 Å². The lowest BCUT2D eigenvalue weighted by molar-refractivity contribution is 0.208. The Bertz CT molecular complexity index is 445. The molecule has 1 atom stereocenters. The molecule has 0 fully saturated rings. The Kier molecular flexibility index (Phi) is 5.44. The molecule has 0 saturated carbocycles. The number of fused-ring (bicyclic) bond motifs is 1. The van der Waals surface area contributed by atoms with Crippen molar-refractivity contribution in [3.63, 3.8) is 0 Å². The molecule has 1 N–H and O–H groups in total. The number of likely N-dealkylation sites (N-methyl/N-ethyl adjacent to an activating group) is 1. The smallest absolute Gasteiger partial charge is 0.124 e. The van der Waals surface area contributed by atoms with E-state index in [0.717, 1.165) is 38.4 Å². The predicted octanol–water partition coefficient (Wildman–Crippen LogP) is 3.13. The summed E-state index contributed by atoms with van der Waals surface area (Å²) in [6.45, 7) is 13.6. The van der Waals surface area contributed by atoms with Gasteiger partial charge in [-0.3, -0.25) is 4.90 Å². The van der Waals surface area contributed by atoms with Crippen molar-refractivity contribution in [2.75, 3.05) is 26.2 Å². The maximum Gasteiger partial charge on any atom is 0.124 e. The van der Waals surface area contributed by atoms with Crippen LogP contribution in [-0.4, -0.2) is 31.1 Å². The maximum absolute atomic E-state index is 5.86. The van der Waals surface area contributed by atoms with E-state index in [0.29, 0.717) is 6.04 Å². The number of nitrogens with zero attached hydrogens (tertiary/aromatic N) is 1. The van der Waals surface area contributed by atoms with E-state index in [-0.39, 0.29) is 0 Å². The lowest BCUT2D eigenvalue weighted by Gasteiger charge is -2.35. The van der Waals surface area contributed by atoms with Gasteiger partial charge in [-0.1, -0.05) is 19.9 Å². The van der Waals surface area contributed by atoms with Gasteiger partial charge in [0.1, 0.15) is 5.75 Å². The molecule has 1 aromatic carbocycles. The summed E-state index contributed by atoms with van der Waals surface area (Å²) < 4.78 is 5.86. The van der Waals surface area contributed by atoms with Gasteiger partial charge in [0, 0.05) is 24.7 Å². The third kappa shape index (κ3) is 3.15. The molecule has 0 saturated heterocycles. The van der Waals surface area contributed by atoms with Crippen LogP contribution in [0.15, 0.2) is 12.1 Å². The quantitative estimate of drug-likeness (QED) is 0.864. The minimum atomic E-state index is 0.496. The minimum absolute atomic E-state index is 0.496. The van der Waals surface area contributed by atoms with E-state index in [1.807, 2.05) is 0 Å². The molecule has 3 heteroatoms. The van der Waals surface area contributed by atoms with Crippen molar-refractivity contribution in [3.8, 4) is 5.75 Å². The van der Waals surface area contributed by atoms with Crippen molar-refractivity contribution in [2.24, 2.45) is 0 Å². The van der Waals surface area contributed by atoms with Gasteiger partial charge in [-0.05, 0) is 50.6 Å². The number of hydrogen-bond donors (Lipinski definition) is 1. The van der Waals surface area contributed by atoms with Crippen LogP contribution in [0.4, 0.5) is 0 Å². The molecule has 0 aromatic heterocycles. The van der Waals surface area contributed by atoms with Gasteiger partial charge in [-0.15, -0.1) is 0 Å². The van der Waals surface area contributed by atoms with Gasteiger partial charge in [0.15, 0.2) is 0 Å². The molecule has 0 aliphatic carbocycles. The van der Waals surface area contributed by atoms with E-state index in [1.54, 1.807) is 0 Å². The Morgan fingerprint density at radius 1 is 1.30 bits per heavy atom. The molecular weight excluding hydrogens is 248 g/mol. The minimum Gasteiger partial charge on any atom is -0.494 e. The fourth-order valence-corrected chi connectivity index (χ4v) is 3.07. The molecule has 1 aliphatic rings. The first-order chi connectivity index (χ1) is 9.71. The third-order valence-electron chi connectivity index (χ3n) is 4.26. The molecule has 2 rings (SSSR count). The van der Waals surface area contributed by atoms with Crippen LogP contribution in [-0.2, 0) is 13.0 Å². The average molecular weight is 276 g/mol. The largest absolute Gasteiger partial charge is 0.494 e. The van der Waals surface area contributed by atoms with E-state index in [4.69, 9.17) is 4.74 Å². The second-order valence-corrected chi connectivity index (χ2v) is 5.43. The van der Waals surface area contributed by atoms with E-state index in [2.05, 4.69) is 50.0 Å². The Morgan fingerprint density at radius 3 is 2.75 bits per heavy atom. The van der Waals surface area contributed by atoms with Crippen LogP contribution in [0.5, 0.6) is 5.75 Å². The molecule has 1 unspecified atom stereocenters. The fourth-order valence-electron chi connectivity index (χ4n) is 3.07. The summed E-state index contributed by atoms with van der Waals surface area (Å²) >= 11 is 0. The van der Waals surface area contributed by atoms with Gasteiger partial charge in [-0.2, -0.15) is 0 Å². The van der Waals surface area contributed by atoms with Crippen molar-refractivity contribution >= 4 is 0 Å². The zero-order valence-corrected chi connectivity index (χ0v) is 13.3. The highest BCUT2D eigenvalue weighted by atomic mass is 16.5. The zero-order chi connectivity index (χ0) is 14.5. The predicted molar refractivity (Wildman–Crippen MR) is 84.4 cm³/mol.